The van der Waals surface area contributed by atoms with Crippen LogP contribution in [0.1, 0.15) is 25.8 Å². The maximum Gasteiger partial charge on any atom is 0.407 e. The number of piperazine rings is 1. The maximum absolute atomic E-state index is 11.0. The van der Waals surface area contributed by atoms with Crippen LogP contribution in [0.5, 0.6) is 11.5 Å². The second-order valence-electron chi connectivity index (χ2n) is 6.80. The molecule has 3 rings (SSSR count). The van der Waals surface area contributed by atoms with E-state index in [0.29, 0.717) is 26.2 Å². The summed E-state index contributed by atoms with van der Waals surface area (Å²) in [5.74, 6) is 1.63. The van der Waals surface area contributed by atoms with Gasteiger partial charge in [0.1, 0.15) is 5.60 Å². The van der Waals surface area contributed by atoms with Crippen molar-refractivity contribution in [3.63, 3.8) is 0 Å². The van der Waals surface area contributed by atoms with E-state index in [1.165, 1.54) is 10.5 Å². The summed E-state index contributed by atoms with van der Waals surface area (Å²) in [6.45, 7) is 6.42. The van der Waals surface area contributed by atoms with Gasteiger partial charge >= 0.3 is 6.09 Å². The Morgan fingerprint density at radius 3 is 3.13 bits per heavy atom. The minimum Gasteiger partial charge on any atom is -0.490 e. The molecule has 0 unspecified atom stereocenters. The molecule has 0 saturated carbocycles. The Labute approximate surface area is 136 Å². The van der Waals surface area contributed by atoms with Crippen molar-refractivity contribution in [1.82, 2.24) is 10.2 Å². The third-order valence-corrected chi connectivity index (χ3v) is 4.30. The van der Waals surface area contributed by atoms with Crippen molar-refractivity contribution in [3.05, 3.63) is 23.8 Å². The number of amides is 1. The molecular weight excluding hydrogens is 296 g/mol. The summed E-state index contributed by atoms with van der Waals surface area (Å²) < 4.78 is 11.9. The highest BCUT2D eigenvalue weighted by Gasteiger charge is 2.32. The molecule has 1 atom stereocenters. The average Bonchev–Trinajstić information content (AvgIpc) is 2.82. The summed E-state index contributed by atoms with van der Waals surface area (Å²) in [4.78, 5) is 12.5. The molecule has 2 heterocycles. The number of nitrogens with zero attached hydrogens (tertiary/aromatic N) is 1. The monoisotopic (exact) mass is 320 g/mol. The summed E-state index contributed by atoms with van der Waals surface area (Å²) >= 11 is 0. The van der Waals surface area contributed by atoms with E-state index >= 15 is 0 Å². The second-order valence-corrected chi connectivity index (χ2v) is 6.80. The number of ether oxygens (including phenoxy) is 2. The number of hydrogen-bond acceptors (Lipinski definition) is 4. The van der Waals surface area contributed by atoms with E-state index in [1.807, 2.05) is 12.1 Å². The Kier molecular flexibility index (Phi) is 4.35. The molecule has 0 bridgehead atoms. The van der Waals surface area contributed by atoms with Crippen molar-refractivity contribution in [1.29, 1.82) is 0 Å². The zero-order valence-electron chi connectivity index (χ0n) is 13.7. The normalized spacial score (nSPS) is 22.3. The van der Waals surface area contributed by atoms with Crippen LogP contribution in [-0.4, -0.2) is 54.0 Å². The van der Waals surface area contributed by atoms with Crippen molar-refractivity contribution in [2.75, 3.05) is 26.2 Å². The van der Waals surface area contributed by atoms with Crippen LogP contribution in [0, 0.1) is 0 Å². The molecule has 23 heavy (non-hydrogen) atoms. The van der Waals surface area contributed by atoms with E-state index < -0.39 is 6.09 Å². The molecule has 6 heteroatoms. The molecule has 1 aromatic carbocycles. The number of carbonyl (C=O) groups is 1. The smallest absolute Gasteiger partial charge is 0.407 e. The van der Waals surface area contributed by atoms with Crippen LogP contribution in [0.15, 0.2) is 18.2 Å². The third-order valence-electron chi connectivity index (χ3n) is 4.30. The second kappa shape index (κ2) is 6.28. The van der Waals surface area contributed by atoms with Crippen molar-refractivity contribution in [2.45, 2.75) is 38.3 Å². The van der Waals surface area contributed by atoms with E-state index in [4.69, 9.17) is 14.6 Å². The molecule has 1 fully saturated rings. The lowest BCUT2D eigenvalue weighted by Crippen LogP contribution is -2.52. The molecule has 2 aliphatic rings. The Morgan fingerprint density at radius 2 is 2.35 bits per heavy atom. The van der Waals surface area contributed by atoms with Crippen LogP contribution >= 0.6 is 0 Å². The highest BCUT2D eigenvalue weighted by molar-refractivity contribution is 5.65. The first-order valence-electron chi connectivity index (χ1n) is 8.09. The number of fused-ring (bicyclic) bond motifs is 1. The standard InChI is InChI=1S/C17H24N2O4/c1-17(2)10-12-4-3-5-14(15(12)23-17)22-9-6-13-11-19(16(20)21)8-7-18-13/h3-5,13,18H,6-11H2,1-2H3,(H,20,21)/t13-/m1/s1. The summed E-state index contributed by atoms with van der Waals surface area (Å²) in [7, 11) is 0. The number of benzene rings is 1. The van der Waals surface area contributed by atoms with Crippen LogP contribution in [0.25, 0.3) is 0 Å². The lowest BCUT2D eigenvalue weighted by molar-refractivity contribution is 0.122. The van der Waals surface area contributed by atoms with Gasteiger partial charge in [-0.25, -0.2) is 4.79 Å². The van der Waals surface area contributed by atoms with Gasteiger partial charge in [0, 0.05) is 37.7 Å². The van der Waals surface area contributed by atoms with Crippen LogP contribution in [-0.2, 0) is 6.42 Å². The summed E-state index contributed by atoms with van der Waals surface area (Å²) in [5, 5.41) is 12.4. The van der Waals surface area contributed by atoms with Gasteiger partial charge < -0.3 is 24.8 Å². The predicted octanol–water partition coefficient (Wildman–Crippen LogP) is 2.12. The van der Waals surface area contributed by atoms with E-state index in [9.17, 15) is 4.79 Å². The molecule has 0 radical (unpaired) electrons. The first kappa shape index (κ1) is 15.9. The van der Waals surface area contributed by atoms with Gasteiger partial charge in [0.05, 0.1) is 6.61 Å². The molecule has 126 valence electrons. The molecule has 1 saturated heterocycles. The molecule has 1 aromatic rings. The van der Waals surface area contributed by atoms with Gasteiger partial charge in [-0.05, 0) is 26.3 Å². The van der Waals surface area contributed by atoms with Crippen LogP contribution in [0.2, 0.25) is 0 Å². The Balaban J connectivity index is 1.54. The largest absolute Gasteiger partial charge is 0.490 e. The minimum absolute atomic E-state index is 0.133. The van der Waals surface area contributed by atoms with Gasteiger partial charge in [0.25, 0.3) is 0 Å². The fourth-order valence-corrected chi connectivity index (χ4v) is 3.20. The zero-order chi connectivity index (χ0) is 16.4. The first-order chi connectivity index (χ1) is 10.9. The molecule has 6 nitrogen and oxygen atoms in total. The molecule has 1 amide bonds. The fraction of sp³-hybridized carbons (Fsp3) is 0.588. The van der Waals surface area contributed by atoms with Crippen molar-refractivity contribution >= 4 is 6.09 Å². The Bertz CT molecular complexity index is 588. The van der Waals surface area contributed by atoms with E-state index in [2.05, 4.69) is 25.2 Å². The summed E-state index contributed by atoms with van der Waals surface area (Å²) in [5.41, 5.74) is 0.995. The number of nitrogens with one attached hydrogen (secondary N) is 1. The topological polar surface area (TPSA) is 71.0 Å². The molecule has 2 N–H and O–H groups in total. The summed E-state index contributed by atoms with van der Waals surface area (Å²) in [6.07, 6.45) is 0.794. The predicted molar refractivity (Wildman–Crippen MR) is 86.4 cm³/mol. The molecule has 0 spiro atoms. The van der Waals surface area contributed by atoms with Crippen molar-refractivity contribution < 1.29 is 19.4 Å². The van der Waals surface area contributed by atoms with Gasteiger partial charge in [-0.1, -0.05) is 12.1 Å². The number of para-hydroxylation sites is 1. The minimum atomic E-state index is -0.853. The molecular formula is C17H24N2O4. The van der Waals surface area contributed by atoms with Gasteiger partial charge in [0.15, 0.2) is 11.5 Å². The van der Waals surface area contributed by atoms with Gasteiger partial charge in [-0.3, -0.25) is 0 Å². The Morgan fingerprint density at radius 1 is 1.52 bits per heavy atom. The van der Waals surface area contributed by atoms with Gasteiger partial charge in [-0.15, -0.1) is 0 Å². The lowest BCUT2D eigenvalue weighted by Gasteiger charge is -2.31. The SMILES string of the molecule is CC1(C)Cc2cccc(OCC[C@@H]3CN(C(=O)O)CCN3)c2O1. The van der Waals surface area contributed by atoms with Crippen molar-refractivity contribution in [3.8, 4) is 11.5 Å². The van der Waals surface area contributed by atoms with Crippen LogP contribution < -0.4 is 14.8 Å². The van der Waals surface area contributed by atoms with Crippen molar-refractivity contribution in [2.24, 2.45) is 0 Å². The highest BCUT2D eigenvalue weighted by Crippen LogP contribution is 2.41. The number of hydrogen-bond donors (Lipinski definition) is 2. The number of rotatable bonds is 4. The fourth-order valence-electron chi connectivity index (χ4n) is 3.20. The van der Waals surface area contributed by atoms with E-state index in [0.717, 1.165) is 24.3 Å². The molecule has 2 aliphatic heterocycles. The van der Waals surface area contributed by atoms with Crippen LogP contribution in [0.3, 0.4) is 0 Å². The first-order valence-corrected chi connectivity index (χ1v) is 8.09. The van der Waals surface area contributed by atoms with E-state index in [-0.39, 0.29) is 11.6 Å². The average molecular weight is 320 g/mol. The maximum atomic E-state index is 11.0. The van der Waals surface area contributed by atoms with Gasteiger partial charge in [-0.2, -0.15) is 0 Å². The Hall–Kier alpha value is -1.95. The quantitative estimate of drug-likeness (QED) is 0.889. The zero-order valence-corrected chi connectivity index (χ0v) is 13.7. The summed E-state index contributed by atoms with van der Waals surface area (Å²) in [6, 6.07) is 6.13. The van der Waals surface area contributed by atoms with Gasteiger partial charge in [0.2, 0.25) is 0 Å². The number of carboxylic acid groups (broad SMARTS) is 1. The lowest BCUT2D eigenvalue weighted by atomic mass is 10.0. The molecule has 0 aliphatic carbocycles. The van der Waals surface area contributed by atoms with Crippen LogP contribution in [0.4, 0.5) is 4.79 Å². The molecule has 0 aromatic heterocycles. The van der Waals surface area contributed by atoms with E-state index in [1.54, 1.807) is 0 Å². The highest BCUT2D eigenvalue weighted by atomic mass is 16.5. The third kappa shape index (κ3) is 3.69.